The van der Waals surface area contributed by atoms with E-state index in [1.165, 1.54) is 6.42 Å². The van der Waals surface area contributed by atoms with Crippen LogP contribution in [0.15, 0.2) is 12.4 Å². The molecular weight excluding hydrogens is 198 g/mol. The first kappa shape index (κ1) is 11.6. The second-order valence-corrected chi connectivity index (χ2v) is 5.85. The number of imidazole rings is 1. The molecule has 0 aliphatic heterocycles. The molecule has 2 N–H and O–H groups in total. The minimum atomic E-state index is -0.0454. The van der Waals surface area contributed by atoms with Gasteiger partial charge in [0, 0.05) is 31.4 Å². The van der Waals surface area contributed by atoms with E-state index in [4.69, 9.17) is 5.73 Å². The minimum absolute atomic E-state index is 0.0454. The summed E-state index contributed by atoms with van der Waals surface area (Å²) in [6.45, 7) is 4.63. The van der Waals surface area contributed by atoms with Crippen LogP contribution >= 0.6 is 0 Å². The van der Waals surface area contributed by atoms with Gasteiger partial charge in [-0.3, -0.25) is 0 Å². The molecule has 1 fully saturated rings. The quantitative estimate of drug-likeness (QED) is 0.831. The van der Waals surface area contributed by atoms with E-state index < -0.39 is 0 Å². The molecule has 3 heteroatoms. The molecule has 1 aromatic rings. The van der Waals surface area contributed by atoms with Gasteiger partial charge in [-0.25, -0.2) is 4.98 Å². The number of hydrogen-bond donors (Lipinski definition) is 1. The molecule has 1 aliphatic carbocycles. The number of rotatable bonds is 2. The Morgan fingerprint density at radius 1 is 1.44 bits per heavy atom. The van der Waals surface area contributed by atoms with Crippen molar-refractivity contribution in [3.05, 3.63) is 18.2 Å². The van der Waals surface area contributed by atoms with Crippen molar-refractivity contribution in [2.45, 2.75) is 45.1 Å². The molecule has 1 saturated carbocycles. The maximum Gasteiger partial charge on any atom is 0.110 e. The van der Waals surface area contributed by atoms with Gasteiger partial charge in [-0.2, -0.15) is 0 Å². The van der Waals surface area contributed by atoms with E-state index in [1.807, 2.05) is 19.4 Å². The molecule has 16 heavy (non-hydrogen) atoms. The van der Waals surface area contributed by atoms with E-state index in [0.717, 1.165) is 36.9 Å². The SMILES string of the molecule is CC1CC(C)CC(N)(Cc2nccn2C)C1. The Morgan fingerprint density at radius 3 is 2.56 bits per heavy atom. The van der Waals surface area contributed by atoms with Crippen LogP contribution in [0, 0.1) is 11.8 Å². The summed E-state index contributed by atoms with van der Waals surface area (Å²) in [5, 5.41) is 0. The van der Waals surface area contributed by atoms with E-state index in [-0.39, 0.29) is 5.54 Å². The van der Waals surface area contributed by atoms with Crippen LogP contribution in [0.3, 0.4) is 0 Å². The fraction of sp³-hybridized carbons (Fsp3) is 0.769. The van der Waals surface area contributed by atoms with Crippen LogP contribution in [0.4, 0.5) is 0 Å². The lowest BCUT2D eigenvalue weighted by atomic mass is 9.70. The predicted octanol–water partition coefficient (Wildman–Crippen LogP) is 2.12. The first-order valence-corrected chi connectivity index (χ1v) is 6.23. The van der Waals surface area contributed by atoms with Crippen molar-refractivity contribution in [2.24, 2.45) is 24.6 Å². The molecule has 1 aliphatic rings. The van der Waals surface area contributed by atoms with Crippen molar-refractivity contribution in [2.75, 3.05) is 0 Å². The third kappa shape index (κ3) is 2.46. The lowest BCUT2D eigenvalue weighted by Gasteiger charge is -2.40. The van der Waals surface area contributed by atoms with Crippen molar-refractivity contribution in [3.63, 3.8) is 0 Å². The topological polar surface area (TPSA) is 43.8 Å². The Hall–Kier alpha value is -0.830. The van der Waals surface area contributed by atoms with Gasteiger partial charge in [-0.1, -0.05) is 13.8 Å². The van der Waals surface area contributed by atoms with Crippen molar-refractivity contribution in [3.8, 4) is 0 Å². The summed E-state index contributed by atoms with van der Waals surface area (Å²) >= 11 is 0. The van der Waals surface area contributed by atoms with Gasteiger partial charge in [0.25, 0.3) is 0 Å². The minimum Gasteiger partial charge on any atom is -0.338 e. The molecule has 0 bridgehead atoms. The highest BCUT2D eigenvalue weighted by molar-refractivity contribution is 5.03. The van der Waals surface area contributed by atoms with Crippen LogP contribution < -0.4 is 5.73 Å². The average Bonchev–Trinajstić information content (AvgIpc) is 2.48. The van der Waals surface area contributed by atoms with Crippen LogP contribution in [0.1, 0.15) is 38.9 Å². The lowest BCUT2D eigenvalue weighted by Crippen LogP contribution is -2.48. The molecule has 2 atom stereocenters. The molecule has 90 valence electrons. The summed E-state index contributed by atoms with van der Waals surface area (Å²) in [4.78, 5) is 4.39. The Labute approximate surface area is 98.1 Å². The summed E-state index contributed by atoms with van der Waals surface area (Å²) in [7, 11) is 2.04. The summed E-state index contributed by atoms with van der Waals surface area (Å²) in [5.41, 5.74) is 6.50. The molecule has 0 radical (unpaired) electrons. The molecule has 1 aromatic heterocycles. The van der Waals surface area contributed by atoms with Gasteiger partial charge in [0.05, 0.1) is 0 Å². The van der Waals surface area contributed by atoms with Crippen LogP contribution in [-0.4, -0.2) is 15.1 Å². The summed E-state index contributed by atoms with van der Waals surface area (Å²) in [6, 6.07) is 0. The standard InChI is InChI=1S/C13H23N3/c1-10-6-11(2)8-13(14,7-10)9-12-15-4-5-16(12)3/h4-5,10-11H,6-9,14H2,1-3H3. The van der Waals surface area contributed by atoms with Gasteiger partial charge < -0.3 is 10.3 Å². The predicted molar refractivity (Wildman–Crippen MR) is 66.0 cm³/mol. The number of aryl methyl sites for hydroxylation is 1. The van der Waals surface area contributed by atoms with Crippen LogP contribution in [-0.2, 0) is 13.5 Å². The van der Waals surface area contributed by atoms with E-state index in [2.05, 4.69) is 23.4 Å². The zero-order valence-corrected chi connectivity index (χ0v) is 10.6. The molecular formula is C13H23N3. The second kappa shape index (κ2) is 4.21. The molecule has 0 saturated heterocycles. The Kier molecular flexibility index (Phi) is 3.06. The van der Waals surface area contributed by atoms with Crippen LogP contribution in [0.5, 0.6) is 0 Å². The third-order valence-electron chi connectivity index (χ3n) is 3.75. The van der Waals surface area contributed by atoms with Crippen LogP contribution in [0.2, 0.25) is 0 Å². The first-order valence-electron chi connectivity index (χ1n) is 6.23. The fourth-order valence-corrected chi connectivity index (χ4v) is 3.35. The van der Waals surface area contributed by atoms with Gasteiger partial charge in [0.15, 0.2) is 0 Å². The lowest BCUT2D eigenvalue weighted by molar-refractivity contribution is 0.179. The zero-order valence-electron chi connectivity index (χ0n) is 10.6. The van der Waals surface area contributed by atoms with Gasteiger partial charge >= 0.3 is 0 Å². The summed E-state index contributed by atoms with van der Waals surface area (Å²) < 4.78 is 2.08. The molecule has 0 spiro atoms. The first-order chi connectivity index (χ1) is 7.48. The zero-order chi connectivity index (χ0) is 11.8. The average molecular weight is 221 g/mol. The smallest absolute Gasteiger partial charge is 0.110 e. The monoisotopic (exact) mass is 221 g/mol. The van der Waals surface area contributed by atoms with Crippen molar-refractivity contribution < 1.29 is 0 Å². The maximum absolute atomic E-state index is 6.55. The van der Waals surface area contributed by atoms with E-state index in [0.29, 0.717) is 0 Å². The van der Waals surface area contributed by atoms with Crippen molar-refractivity contribution >= 4 is 0 Å². The number of nitrogens with two attached hydrogens (primary N) is 1. The highest BCUT2D eigenvalue weighted by Gasteiger charge is 2.35. The fourth-order valence-electron chi connectivity index (χ4n) is 3.35. The second-order valence-electron chi connectivity index (χ2n) is 5.85. The highest BCUT2D eigenvalue weighted by atomic mass is 15.0. The Bertz CT molecular complexity index is 346. The number of nitrogens with zero attached hydrogens (tertiary/aromatic N) is 2. The number of hydrogen-bond acceptors (Lipinski definition) is 2. The molecule has 2 rings (SSSR count). The molecule has 1 heterocycles. The van der Waals surface area contributed by atoms with E-state index >= 15 is 0 Å². The van der Waals surface area contributed by atoms with Crippen molar-refractivity contribution in [1.29, 1.82) is 0 Å². The van der Waals surface area contributed by atoms with Crippen LogP contribution in [0.25, 0.3) is 0 Å². The normalized spacial score (nSPS) is 35.2. The van der Waals surface area contributed by atoms with Crippen molar-refractivity contribution in [1.82, 2.24) is 9.55 Å². The third-order valence-corrected chi connectivity index (χ3v) is 3.75. The molecule has 0 amide bonds. The Morgan fingerprint density at radius 2 is 2.06 bits per heavy atom. The van der Waals surface area contributed by atoms with Gasteiger partial charge in [0.1, 0.15) is 5.82 Å². The number of aromatic nitrogens is 2. The van der Waals surface area contributed by atoms with E-state index in [1.54, 1.807) is 0 Å². The molecule has 2 unspecified atom stereocenters. The molecule has 3 nitrogen and oxygen atoms in total. The summed E-state index contributed by atoms with van der Waals surface area (Å²) in [5.74, 6) is 2.60. The van der Waals surface area contributed by atoms with Gasteiger partial charge in [0.2, 0.25) is 0 Å². The summed E-state index contributed by atoms with van der Waals surface area (Å²) in [6.07, 6.45) is 8.34. The highest BCUT2D eigenvalue weighted by Crippen LogP contribution is 2.36. The Balaban J connectivity index is 2.10. The molecule has 0 aromatic carbocycles. The largest absolute Gasteiger partial charge is 0.338 e. The van der Waals surface area contributed by atoms with Gasteiger partial charge in [-0.05, 0) is 31.1 Å². The van der Waals surface area contributed by atoms with Gasteiger partial charge in [-0.15, -0.1) is 0 Å². The maximum atomic E-state index is 6.55. The van der Waals surface area contributed by atoms with E-state index in [9.17, 15) is 0 Å².